The lowest BCUT2D eigenvalue weighted by atomic mass is 9.90. The van der Waals surface area contributed by atoms with Gasteiger partial charge in [0.1, 0.15) is 11.2 Å². The van der Waals surface area contributed by atoms with Crippen molar-refractivity contribution in [2.45, 2.75) is 0 Å². The minimum absolute atomic E-state index is 0.539. The molecule has 0 unspecified atom stereocenters. The third-order valence-corrected chi connectivity index (χ3v) is 17.9. The molecular formula is C80H44N8O2. The molecule has 0 N–H and O–H groups in total. The molecule has 6 heterocycles. The maximum absolute atomic E-state index is 6.36. The summed E-state index contributed by atoms with van der Waals surface area (Å²) in [7, 11) is 0. The lowest BCUT2D eigenvalue weighted by Gasteiger charge is -2.15. The number of fused-ring (bicyclic) bond motifs is 17. The zero-order valence-corrected chi connectivity index (χ0v) is 47.8. The zero-order valence-electron chi connectivity index (χ0n) is 47.8. The van der Waals surface area contributed by atoms with E-state index in [1.807, 2.05) is 36.4 Å². The predicted octanol–water partition coefficient (Wildman–Crippen LogP) is 20.4. The van der Waals surface area contributed by atoms with Gasteiger partial charge in [-0.3, -0.25) is 9.97 Å². The second kappa shape index (κ2) is 19.6. The van der Waals surface area contributed by atoms with Gasteiger partial charge in [-0.25, -0.2) is 29.9 Å². The first-order valence-electron chi connectivity index (χ1n) is 29.9. The van der Waals surface area contributed by atoms with Gasteiger partial charge in [0.25, 0.3) is 0 Å². The number of hydrogen-bond donors (Lipinski definition) is 0. The highest BCUT2D eigenvalue weighted by molar-refractivity contribution is 6.24. The van der Waals surface area contributed by atoms with Gasteiger partial charge in [0.15, 0.2) is 46.1 Å². The van der Waals surface area contributed by atoms with Gasteiger partial charge in [0, 0.05) is 67.3 Å². The Morgan fingerprint density at radius 3 is 1.34 bits per heavy atom. The van der Waals surface area contributed by atoms with Crippen molar-refractivity contribution in [2.24, 2.45) is 0 Å². The van der Waals surface area contributed by atoms with Crippen LogP contribution in [0.5, 0.6) is 0 Å². The highest BCUT2D eigenvalue weighted by atomic mass is 16.3. The first-order valence-corrected chi connectivity index (χ1v) is 29.9. The van der Waals surface area contributed by atoms with Crippen molar-refractivity contribution in [1.82, 2.24) is 39.9 Å². The summed E-state index contributed by atoms with van der Waals surface area (Å²) in [5.74, 6) is 3.34. The van der Waals surface area contributed by atoms with E-state index in [0.29, 0.717) is 46.1 Å². The van der Waals surface area contributed by atoms with Crippen LogP contribution in [0.2, 0.25) is 0 Å². The third kappa shape index (κ3) is 7.91. The molecule has 90 heavy (non-hydrogen) atoms. The maximum Gasteiger partial charge on any atom is 0.164 e. The van der Waals surface area contributed by atoms with Crippen molar-refractivity contribution >= 4 is 119 Å². The molecule has 416 valence electrons. The first kappa shape index (κ1) is 49.8. The van der Waals surface area contributed by atoms with Crippen LogP contribution in [0.4, 0.5) is 0 Å². The Hall–Kier alpha value is -12.4. The fraction of sp³-hybridized carbons (Fsp3) is 0. The second-order valence-electron chi connectivity index (χ2n) is 23.0. The van der Waals surface area contributed by atoms with E-state index in [-0.39, 0.29) is 0 Å². The number of benzene rings is 13. The molecule has 10 nitrogen and oxygen atoms in total. The molecule has 0 aliphatic heterocycles. The lowest BCUT2D eigenvalue weighted by Crippen LogP contribution is -2.01. The summed E-state index contributed by atoms with van der Waals surface area (Å²) in [4.78, 5) is 40.7. The van der Waals surface area contributed by atoms with Crippen LogP contribution in [0.15, 0.2) is 276 Å². The summed E-state index contributed by atoms with van der Waals surface area (Å²) in [6.45, 7) is 0. The van der Waals surface area contributed by atoms with Crippen LogP contribution >= 0.6 is 0 Å². The van der Waals surface area contributed by atoms with Gasteiger partial charge in [-0.1, -0.05) is 188 Å². The van der Waals surface area contributed by atoms with Crippen molar-refractivity contribution in [1.29, 1.82) is 0 Å². The molecule has 10 heteroatoms. The molecule has 13 aromatic carbocycles. The van der Waals surface area contributed by atoms with Crippen LogP contribution in [-0.4, -0.2) is 39.9 Å². The summed E-state index contributed by atoms with van der Waals surface area (Å²) in [6.07, 6.45) is 7.09. The molecule has 0 aliphatic rings. The molecule has 0 atom stereocenters. The number of aromatic nitrogens is 8. The van der Waals surface area contributed by atoms with Gasteiger partial charge >= 0.3 is 0 Å². The highest BCUT2D eigenvalue weighted by Crippen LogP contribution is 2.43. The molecular weight excluding hydrogens is 1100 g/mol. The molecule has 0 saturated heterocycles. The molecule has 0 fully saturated rings. The molecule has 0 radical (unpaired) electrons. The van der Waals surface area contributed by atoms with E-state index in [1.165, 1.54) is 26.9 Å². The fourth-order valence-electron chi connectivity index (χ4n) is 13.7. The molecule has 0 spiro atoms. The SMILES string of the molecule is c1cc(-c2nc(-c3ccc4c(ccc5ccc6ccccc6c54)c3)nc(-c3cccc4oc5cnccc5c34)n2)cc(-c2cc3ccc4ccc(-c5nc(-c6ccc7ccccc7c6)nc(-c6cccc7oc8cnccc8c67)n5)cc4c3c3ccccc23)c1. The van der Waals surface area contributed by atoms with Gasteiger partial charge in [0.05, 0.1) is 12.4 Å². The topological polar surface area (TPSA) is 129 Å². The Morgan fingerprint density at radius 1 is 0.211 bits per heavy atom. The highest BCUT2D eigenvalue weighted by Gasteiger charge is 2.22. The normalized spacial score (nSPS) is 12.0. The largest absolute Gasteiger partial charge is 0.454 e. The number of furan rings is 2. The summed E-state index contributed by atoms with van der Waals surface area (Å²) >= 11 is 0. The van der Waals surface area contributed by atoms with E-state index in [4.69, 9.17) is 38.7 Å². The van der Waals surface area contributed by atoms with Crippen molar-refractivity contribution in [3.8, 4) is 79.5 Å². The molecule has 6 aromatic heterocycles. The Morgan fingerprint density at radius 2 is 0.667 bits per heavy atom. The molecule has 0 bridgehead atoms. The molecule has 0 saturated carbocycles. The van der Waals surface area contributed by atoms with Crippen molar-refractivity contribution in [3.05, 3.63) is 267 Å². The van der Waals surface area contributed by atoms with Gasteiger partial charge in [-0.05, 0) is 141 Å². The molecule has 19 aromatic rings. The minimum Gasteiger partial charge on any atom is -0.454 e. The number of hydrogen-bond acceptors (Lipinski definition) is 10. The van der Waals surface area contributed by atoms with E-state index in [2.05, 4.69) is 216 Å². The van der Waals surface area contributed by atoms with E-state index >= 15 is 0 Å². The van der Waals surface area contributed by atoms with Gasteiger partial charge in [-0.15, -0.1) is 0 Å². The fourth-order valence-corrected chi connectivity index (χ4v) is 13.7. The Kier molecular flexibility index (Phi) is 10.8. The Balaban J connectivity index is 0.766. The van der Waals surface area contributed by atoms with Gasteiger partial charge in [0.2, 0.25) is 0 Å². The van der Waals surface area contributed by atoms with E-state index in [9.17, 15) is 0 Å². The second-order valence-corrected chi connectivity index (χ2v) is 23.0. The van der Waals surface area contributed by atoms with Crippen LogP contribution in [0.25, 0.3) is 199 Å². The summed E-state index contributed by atoms with van der Waals surface area (Å²) < 4.78 is 12.7. The number of rotatable bonds is 7. The Labute approximate surface area is 512 Å². The zero-order chi connectivity index (χ0) is 59.0. The minimum atomic E-state index is 0.539. The lowest BCUT2D eigenvalue weighted by molar-refractivity contribution is 0.666. The number of nitrogens with zero attached hydrogens (tertiary/aromatic N) is 8. The van der Waals surface area contributed by atoms with Gasteiger partial charge in [-0.2, -0.15) is 0 Å². The average molecular weight is 1150 g/mol. The van der Waals surface area contributed by atoms with Crippen molar-refractivity contribution in [2.75, 3.05) is 0 Å². The predicted molar refractivity (Wildman–Crippen MR) is 364 cm³/mol. The summed E-state index contributed by atoms with van der Waals surface area (Å²) in [5.41, 5.74) is 10.2. The quantitative estimate of drug-likeness (QED) is 0.142. The van der Waals surface area contributed by atoms with E-state index < -0.39 is 0 Å². The van der Waals surface area contributed by atoms with Crippen LogP contribution < -0.4 is 0 Å². The average Bonchev–Trinajstić information content (AvgIpc) is 0.969. The van der Waals surface area contributed by atoms with Gasteiger partial charge < -0.3 is 8.83 Å². The standard InChI is InChI=1S/C80H44N8O2/c1-2-12-49-38-54(30-22-45(49)10-1)76-84-78(88-80(86-76)64-19-9-21-68-74(64)62-35-37-82-44-70(62)90-68)56-31-25-47-24-29-52-41-65(59-16-5-6-17-60(59)72(52)66(47)42-56)50-13-7-14-53(39-50)75-83-77(87-79(85-75)63-18-8-20-67-73(63)61-34-36-81-43-69(61)89-67)55-32-33-58-51(40-55)28-27-48-26-23-46-11-3-4-15-57(46)71(48)58/h1-44H. The van der Waals surface area contributed by atoms with E-state index in [0.717, 1.165) is 126 Å². The van der Waals surface area contributed by atoms with Crippen LogP contribution in [-0.2, 0) is 0 Å². The third-order valence-electron chi connectivity index (χ3n) is 17.9. The molecule has 0 amide bonds. The summed E-state index contributed by atoms with van der Waals surface area (Å²) in [5, 5.41) is 19.8. The number of pyridine rings is 2. The Bertz CT molecular complexity index is 6270. The molecule has 0 aliphatic carbocycles. The van der Waals surface area contributed by atoms with Crippen LogP contribution in [0.1, 0.15) is 0 Å². The van der Waals surface area contributed by atoms with Crippen molar-refractivity contribution in [3.63, 3.8) is 0 Å². The summed E-state index contributed by atoms with van der Waals surface area (Å²) in [6, 6.07) is 85.3. The first-order chi connectivity index (χ1) is 44.5. The van der Waals surface area contributed by atoms with Crippen LogP contribution in [0.3, 0.4) is 0 Å². The van der Waals surface area contributed by atoms with Crippen molar-refractivity contribution < 1.29 is 8.83 Å². The monoisotopic (exact) mass is 1150 g/mol. The smallest absolute Gasteiger partial charge is 0.164 e. The molecule has 19 rings (SSSR count). The maximum atomic E-state index is 6.36. The van der Waals surface area contributed by atoms with Crippen LogP contribution in [0, 0.1) is 0 Å². The van der Waals surface area contributed by atoms with E-state index in [1.54, 1.807) is 24.8 Å².